The van der Waals surface area contributed by atoms with E-state index < -0.39 is 0 Å². The van der Waals surface area contributed by atoms with Crippen LogP contribution in [0.25, 0.3) is 5.57 Å². The summed E-state index contributed by atoms with van der Waals surface area (Å²) in [7, 11) is 0. The molecule has 1 aromatic carbocycles. The molecule has 1 aromatic rings. The number of ether oxygens (including phenoxy) is 1. The van der Waals surface area contributed by atoms with Crippen LogP contribution >= 0.6 is 0 Å². The molecule has 1 aliphatic heterocycles. The van der Waals surface area contributed by atoms with E-state index in [4.69, 9.17) is 10.5 Å². The third-order valence-electron chi connectivity index (χ3n) is 2.71. The van der Waals surface area contributed by atoms with Crippen LogP contribution in [0.2, 0.25) is 0 Å². The number of rotatable bonds is 0. The molecule has 1 aliphatic carbocycles. The van der Waals surface area contributed by atoms with Gasteiger partial charge in [0.25, 0.3) is 0 Å². The van der Waals surface area contributed by atoms with Gasteiger partial charge in [0.1, 0.15) is 11.5 Å². The molecule has 0 unspecified atom stereocenters. The van der Waals surface area contributed by atoms with Crippen LogP contribution in [-0.4, -0.2) is 0 Å². The minimum Gasteiger partial charge on any atom is -0.461 e. The van der Waals surface area contributed by atoms with Gasteiger partial charge in [-0.3, -0.25) is 0 Å². The fourth-order valence-corrected chi connectivity index (χ4v) is 1.96. The predicted molar refractivity (Wildman–Crippen MR) is 60.0 cm³/mol. The minimum atomic E-state index is 0.788. The molecule has 2 bridgehead atoms. The zero-order valence-electron chi connectivity index (χ0n) is 8.23. The first-order valence-electron chi connectivity index (χ1n) is 4.98. The monoisotopic (exact) mass is 197 g/mol. The first-order valence-corrected chi connectivity index (χ1v) is 4.98. The molecule has 0 amide bonds. The van der Waals surface area contributed by atoms with E-state index in [1.54, 1.807) is 0 Å². The smallest absolute Gasteiger partial charge is 0.134 e. The van der Waals surface area contributed by atoms with Crippen LogP contribution in [0.3, 0.4) is 0 Å². The number of hydrogen-bond donors (Lipinski definition) is 1. The zero-order valence-corrected chi connectivity index (χ0v) is 8.23. The zero-order chi connectivity index (χ0) is 10.3. The van der Waals surface area contributed by atoms with Gasteiger partial charge in [-0.15, -0.1) is 0 Å². The summed E-state index contributed by atoms with van der Waals surface area (Å²) in [4.78, 5) is 0. The number of benzene rings is 1. The summed E-state index contributed by atoms with van der Waals surface area (Å²) in [5.41, 5.74) is 9.11. The molecule has 3 rings (SSSR count). The highest BCUT2D eigenvalue weighted by molar-refractivity contribution is 5.78. The van der Waals surface area contributed by atoms with Crippen molar-refractivity contribution in [3.63, 3.8) is 0 Å². The Labute approximate surface area is 88.4 Å². The third-order valence-corrected chi connectivity index (χ3v) is 2.71. The van der Waals surface area contributed by atoms with Gasteiger partial charge >= 0.3 is 0 Å². The molecule has 0 fully saturated rings. The van der Waals surface area contributed by atoms with Crippen LogP contribution < -0.4 is 10.5 Å². The minimum absolute atomic E-state index is 0.788. The Bertz CT molecular complexity index is 509. The Balaban J connectivity index is 2.28. The second-order valence-electron chi connectivity index (χ2n) is 3.70. The van der Waals surface area contributed by atoms with E-state index in [1.807, 2.05) is 42.5 Å². The highest BCUT2D eigenvalue weighted by Crippen LogP contribution is 2.39. The molecule has 2 heteroatoms. The normalized spacial score (nSPS) is 17.7. The van der Waals surface area contributed by atoms with Crippen LogP contribution in [0.15, 0.2) is 53.9 Å². The van der Waals surface area contributed by atoms with Crippen LogP contribution in [0.4, 0.5) is 0 Å². The van der Waals surface area contributed by atoms with Crippen molar-refractivity contribution in [2.75, 3.05) is 0 Å². The number of para-hydroxylation sites is 1. The summed E-state index contributed by atoms with van der Waals surface area (Å²) < 4.78 is 5.75. The lowest BCUT2D eigenvalue weighted by atomic mass is 9.97. The van der Waals surface area contributed by atoms with Crippen molar-refractivity contribution in [3.8, 4) is 5.75 Å². The standard InChI is InChI=1S/C13H11NO/c14-12-6-3-4-9-8-11(12)10-5-1-2-7-13(10)15-9/h1-7H,8,14H2. The van der Waals surface area contributed by atoms with Gasteiger partial charge < -0.3 is 10.5 Å². The fraction of sp³-hybridized carbons (Fsp3) is 0.0769. The van der Waals surface area contributed by atoms with Gasteiger partial charge in [-0.2, -0.15) is 0 Å². The van der Waals surface area contributed by atoms with Gasteiger partial charge in [0, 0.05) is 17.7 Å². The van der Waals surface area contributed by atoms with Crippen molar-refractivity contribution in [1.29, 1.82) is 0 Å². The molecular weight excluding hydrogens is 186 g/mol. The summed E-state index contributed by atoms with van der Waals surface area (Å²) in [5.74, 6) is 1.86. The molecule has 74 valence electrons. The van der Waals surface area contributed by atoms with E-state index in [0.29, 0.717) is 0 Å². The van der Waals surface area contributed by atoms with Crippen LogP contribution in [0.1, 0.15) is 12.0 Å². The van der Waals surface area contributed by atoms with E-state index in [-0.39, 0.29) is 0 Å². The quantitative estimate of drug-likeness (QED) is 0.693. The van der Waals surface area contributed by atoms with Gasteiger partial charge in [0.15, 0.2) is 0 Å². The molecular formula is C13H11NO. The van der Waals surface area contributed by atoms with Gasteiger partial charge in [0.2, 0.25) is 0 Å². The molecule has 0 saturated carbocycles. The van der Waals surface area contributed by atoms with Crippen molar-refractivity contribution >= 4 is 5.57 Å². The first-order chi connectivity index (χ1) is 7.34. The lowest BCUT2D eigenvalue weighted by Gasteiger charge is -2.22. The predicted octanol–water partition coefficient (Wildman–Crippen LogP) is 2.59. The van der Waals surface area contributed by atoms with Gasteiger partial charge in [-0.1, -0.05) is 24.3 Å². The van der Waals surface area contributed by atoms with Crippen LogP contribution in [-0.2, 0) is 0 Å². The van der Waals surface area contributed by atoms with E-state index in [2.05, 4.69) is 0 Å². The number of nitrogens with two attached hydrogens (primary N) is 1. The van der Waals surface area contributed by atoms with E-state index in [1.165, 1.54) is 0 Å². The Hall–Kier alpha value is -1.96. The van der Waals surface area contributed by atoms with Crippen LogP contribution in [0, 0.1) is 0 Å². The summed E-state index contributed by atoms with van der Waals surface area (Å²) in [6.07, 6.45) is 6.61. The second kappa shape index (κ2) is 3.02. The molecule has 2 nitrogen and oxygen atoms in total. The number of allylic oxidation sites excluding steroid dienone is 4. The topological polar surface area (TPSA) is 35.2 Å². The van der Waals surface area contributed by atoms with Crippen molar-refractivity contribution in [2.45, 2.75) is 6.42 Å². The Morgan fingerprint density at radius 1 is 1.20 bits per heavy atom. The molecule has 2 N–H and O–H groups in total. The van der Waals surface area contributed by atoms with Gasteiger partial charge in [0.05, 0.1) is 0 Å². The molecule has 15 heavy (non-hydrogen) atoms. The summed E-state index contributed by atoms with van der Waals surface area (Å²) in [6.45, 7) is 0. The highest BCUT2D eigenvalue weighted by Gasteiger charge is 2.21. The number of fused-ring (bicyclic) bond motifs is 4. The Morgan fingerprint density at radius 3 is 3.00 bits per heavy atom. The Morgan fingerprint density at radius 2 is 2.07 bits per heavy atom. The molecule has 0 radical (unpaired) electrons. The van der Waals surface area contributed by atoms with Gasteiger partial charge in [-0.25, -0.2) is 0 Å². The molecule has 0 aromatic heterocycles. The first kappa shape index (κ1) is 8.36. The van der Waals surface area contributed by atoms with E-state index in [9.17, 15) is 0 Å². The largest absolute Gasteiger partial charge is 0.461 e. The maximum Gasteiger partial charge on any atom is 0.134 e. The summed E-state index contributed by atoms with van der Waals surface area (Å²) in [5, 5.41) is 0. The van der Waals surface area contributed by atoms with Crippen molar-refractivity contribution in [3.05, 3.63) is 59.5 Å². The third kappa shape index (κ3) is 1.26. The maximum atomic E-state index is 6.00. The molecule has 0 saturated heterocycles. The van der Waals surface area contributed by atoms with Crippen molar-refractivity contribution in [2.24, 2.45) is 5.73 Å². The SMILES string of the molecule is NC1=C2CC(=CC=C1)Oc1ccccc12. The highest BCUT2D eigenvalue weighted by atomic mass is 16.5. The maximum absolute atomic E-state index is 6.00. The average molecular weight is 197 g/mol. The summed E-state index contributed by atoms with van der Waals surface area (Å²) >= 11 is 0. The molecule has 1 heterocycles. The summed E-state index contributed by atoms with van der Waals surface area (Å²) in [6, 6.07) is 8.00. The number of hydrogen-bond acceptors (Lipinski definition) is 2. The molecule has 0 spiro atoms. The molecule has 2 aliphatic rings. The fourth-order valence-electron chi connectivity index (χ4n) is 1.96. The van der Waals surface area contributed by atoms with Gasteiger partial charge in [-0.05, 0) is 23.8 Å². The second-order valence-corrected chi connectivity index (χ2v) is 3.70. The Kier molecular flexibility index (Phi) is 1.68. The van der Waals surface area contributed by atoms with E-state index in [0.717, 1.165) is 34.8 Å². The van der Waals surface area contributed by atoms with Crippen molar-refractivity contribution < 1.29 is 4.74 Å². The van der Waals surface area contributed by atoms with Crippen LogP contribution in [0.5, 0.6) is 5.75 Å². The lowest BCUT2D eigenvalue weighted by molar-refractivity contribution is 0.406. The molecule has 0 atom stereocenters. The average Bonchev–Trinajstić information content (AvgIpc) is 2.40. The van der Waals surface area contributed by atoms with E-state index >= 15 is 0 Å². The lowest BCUT2D eigenvalue weighted by Crippen LogP contribution is -2.08. The van der Waals surface area contributed by atoms with Crippen molar-refractivity contribution in [1.82, 2.24) is 0 Å².